The monoisotopic (exact) mass is 586 g/mol. The minimum absolute atomic E-state index is 0.00146. The zero-order valence-corrected chi connectivity index (χ0v) is 24.4. The largest absolute Gasteiger partial charge is 0.465 e. The lowest BCUT2D eigenvalue weighted by molar-refractivity contribution is -1.04. The van der Waals surface area contributed by atoms with E-state index in [2.05, 4.69) is 0 Å². The minimum atomic E-state index is -1.09. The summed E-state index contributed by atoms with van der Waals surface area (Å²) >= 11 is 0. The van der Waals surface area contributed by atoms with Crippen LogP contribution in [0.2, 0.25) is 0 Å². The third-order valence-corrected chi connectivity index (χ3v) is 8.00. The van der Waals surface area contributed by atoms with Crippen molar-refractivity contribution in [3.8, 4) is 0 Å². The zero-order chi connectivity index (χ0) is 31.1. The average Bonchev–Trinajstić information content (AvgIpc) is 3.03. The Morgan fingerprint density at radius 2 is 1.49 bits per heavy atom. The normalized spacial score (nSPS) is 18.5. The standard InChI is InChI=1S/C33H36N3O7/c1-22-29(32(37)42-3)31(26-15-10-16-27(21-26)35(39)40)30(33(38)43-20-18-34)23(2)36(22,41)19-17-28(24-11-6-4-7-12-24)25-13-8-5-9-14-25/h4-16,21,28,31,41H,17-20,34H2,1-3H3/q+1. The van der Waals surface area contributed by atoms with Crippen molar-refractivity contribution in [1.82, 2.24) is 0 Å². The van der Waals surface area contributed by atoms with Gasteiger partial charge in [0.25, 0.3) is 5.69 Å². The first kappa shape index (κ1) is 31.3. The number of nitro groups is 1. The molecule has 0 aromatic heterocycles. The van der Waals surface area contributed by atoms with E-state index in [-0.39, 0.29) is 53.8 Å². The maximum Gasteiger partial charge on any atom is 0.340 e. The van der Waals surface area contributed by atoms with Crippen LogP contribution in [0.5, 0.6) is 0 Å². The van der Waals surface area contributed by atoms with Gasteiger partial charge in [-0.3, -0.25) is 10.1 Å². The van der Waals surface area contributed by atoms with Gasteiger partial charge >= 0.3 is 11.9 Å². The molecule has 0 aliphatic carbocycles. The molecule has 3 aromatic carbocycles. The number of nitrogens with zero attached hydrogens (tertiary/aromatic N) is 2. The second-order valence-corrected chi connectivity index (χ2v) is 10.4. The maximum atomic E-state index is 13.6. The second-order valence-electron chi connectivity index (χ2n) is 10.4. The van der Waals surface area contributed by atoms with Gasteiger partial charge in [-0.15, -0.1) is 4.65 Å². The van der Waals surface area contributed by atoms with Gasteiger partial charge in [0, 0.05) is 44.9 Å². The van der Waals surface area contributed by atoms with Crippen molar-refractivity contribution < 1.29 is 33.8 Å². The molecule has 0 bridgehead atoms. The van der Waals surface area contributed by atoms with Gasteiger partial charge in [0.2, 0.25) is 0 Å². The quantitative estimate of drug-likeness (QED) is 0.133. The van der Waals surface area contributed by atoms with Crippen molar-refractivity contribution >= 4 is 17.6 Å². The molecule has 4 rings (SSSR count). The van der Waals surface area contributed by atoms with Crippen LogP contribution in [-0.2, 0) is 19.1 Å². The molecule has 0 saturated carbocycles. The Morgan fingerprint density at radius 1 is 0.930 bits per heavy atom. The molecule has 10 nitrogen and oxygen atoms in total. The smallest absolute Gasteiger partial charge is 0.340 e. The van der Waals surface area contributed by atoms with Crippen molar-refractivity contribution in [2.45, 2.75) is 32.1 Å². The Hall–Kier alpha value is -4.64. The van der Waals surface area contributed by atoms with Crippen molar-refractivity contribution in [3.63, 3.8) is 0 Å². The van der Waals surface area contributed by atoms with Gasteiger partial charge < -0.3 is 15.2 Å². The topological polar surface area (TPSA) is 142 Å². The summed E-state index contributed by atoms with van der Waals surface area (Å²) in [5.74, 6) is -2.75. The number of methoxy groups -OCH3 is 1. The van der Waals surface area contributed by atoms with E-state index in [1.807, 2.05) is 60.7 Å². The molecule has 224 valence electrons. The summed E-state index contributed by atoms with van der Waals surface area (Å²) in [5, 5.41) is 24.0. The Kier molecular flexibility index (Phi) is 9.87. The fraction of sp³-hybridized carbons (Fsp3) is 0.273. The lowest BCUT2D eigenvalue weighted by Gasteiger charge is -2.39. The van der Waals surface area contributed by atoms with E-state index in [4.69, 9.17) is 15.2 Å². The van der Waals surface area contributed by atoms with E-state index in [9.17, 15) is 24.9 Å². The molecule has 1 heterocycles. The number of non-ortho nitro benzene ring substituents is 1. The van der Waals surface area contributed by atoms with Crippen LogP contribution in [0.1, 0.15) is 48.8 Å². The first-order chi connectivity index (χ1) is 20.6. The van der Waals surface area contributed by atoms with Gasteiger partial charge in [-0.1, -0.05) is 72.8 Å². The van der Waals surface area contributed by atoms with Crippen LogP contribution in [0.15, 0.2) is 107 Å². The molecule has 1 aliphatic heterocycles. The zero-order valence-electron chi connectivity index (χ0n) is 24.4. The van der Waals surface area contributed by atoms with Gasteiger partial charge in [0.05, 0.1) is 18.0 Å². The molecule has 2 unspecified atom stereocenters. The third kappa shape index (κ3) is 6.41. The fourth-order valence-corrected chi connectivity index (χ4v) is 5.78. The van der Waals surface area contributed by atoms with E-state index in [1.54, 1.807) is 19.9 Å². The lowest BCUT2D eigenvalue weighted by atomic mass is 9.79. The number of esters is 2. The van der Waals surface area contributed by atoms with E-state index in [0.717, 1.165) is 11.1 Å². The molecule has 0 fully saturated rings. The molecule has 0 amide bonds. The number of allylic oxidation sites excluding steroid dienone is 2. The van der Waals surface area contributed by atoms with E-state index >= 15 is 0 Å². The molecule has 3 N–H and O–H groups in total. The molecule has 1 aliphatic rings. The van der Waals surface area contributed by atoms with Crippen LogP contribution in [-0.4, -0.2) is 53.5 Å². The number of benzene rings is 3. The van der Waals surface area contributed by atoms with Crippen LogP contribution in [0.3, 0.4) is 0 Å². The molecule has 0 saturated heterocycles. The first-order valence-electron chi connectivity index (χ1n) is 14.0. The number of quaternary nitrogens is 1. The summed E-state index contributed by atoms with van der Waals surface area (Å²) in [6.07, 6.45) is 0.445. The van der Waals surface area contributed by atoms with Gasteiger partial charge in [0.1, 0.15) is 24.3 Å². The molecule has 10 heteroatoms. The summed E-state index contributed by atoms with van der Waals surface area (Å²) < 4.78 is 9.74. The summed E-state index contributed by atoms with van der Waals surface area (Å²) in [6.45, 7) is 3.29. The number of hydroxylamine groups is 3. The van der Waals surface area contributed by atoms with Crippen LogP contribution < -0.4 is 5.73 Å². The number of ether oxygens (including phenoxy) is 2. The molecule has 0 radical (unpaired) electrons. The van der Waals surface area contributed by atoms with Gasteiger partial charge in [-0.2, -0.15) is 0 Å². The molecule has 2 atom stereocenters. The Morgan fingerprint density at radius 3 is 2.00 bits per heavy atom. The SMILES string of the molecule is COC(=O)C1=C(C)[N+](O)(CCC(c2ccccc2)c2ccccc2)C(C)=C(C(=O)OCCN)C1c1cccc([N+](=O)[O-])c1. The number of carbonyl (C=O) groups is 2. The predicted octanol–water partition coefficient (Wildman–Crippen LogP) is 5.34. The van der Waals surface area contributed by atoms with Crippen LogP contribution in [0.25, 0.3) is 0 Å². The molecular weight excluding hydrogens is 550 g/mol. The molecule has 43 heavy (non-hydrogen) atoms. The summed E-state index contributed by atoms with van der Waals surface area (Å²) in [6, 6.07) is 25.5. The lowest BCUT2D eigenvalue weighted by Crippen LogP contribution is -2.48. The van der Waals surface area contributed by atoms with E-state index in [0.29, 0.717) is 12.0 Å². The van der Waals surface area contributed by atoms with Gasteiger partial charge in [-0.05, 0) is 16.7 Å². The highest BCUT2D eigenvalue weighted by Crippen LogP contribution is 2.47. The highest BCUT2D eigenvalue weighted by Gasteiger charge is 2.50. The summed E-state index contributed by atoms with van der Waals surface area (Å²) in [7, 11) is 1.21. The third-order valence-electron chi connectivity index (χ3n) is 8.00. The van der Waals surface area contributed by atoms with Gasteiger partial charge in [-0.25, -0.2) is 14.8 Å². The number of nitro benzene ring substituents is 1. The summed E-state index contributed by atoms with van der Waals surface area (Å²) in [4.78, 5) is 38.1. The Bertz CT molecular complexity index is 1510. The van der Waals surface area contributed by atoms with Crippen LogP contribution in [0, 0.1) is 10.1 Å². The van der Waals surface area contributed by atoms with Crippen LogP contribution >= 0.6 is 0 Å². The van der Waals surface area contributed by atoms with Crippen molar-refractivity contribution in [1.29, 1.82) is 0 Å². The molecular formula is C33H36N3O7+. The number of rotatable bonds is 11. The predicted molar refractivity (Wildman–Crippen MR) is 160 cm³/mol. The number of nitrogens with two attached hydrogens (primary N) is 1. The first-order valence-corrected chi connectivity index (χ1v) is 14.0. The number of carbonyl (C=O) groups excluding carboxylic acids is 2. The minimum Gasteiger partial charge on any atom is -0.465 e. The Balaban J connectivity index is 1.89. The second kappa shape index (κ2) is 13.6. The molecule has 3 aromatic rings. The van der Waals surface area contributed by atoms with E-state index < -0.39 is 27.4 Å². The maximum absolute atomic E-state index is 13.6. The highest BCUT2D eigenvalue weighted by molar-refractivity contribution is 5.99. The van der Waals surface area contributed by atoms with Gasteiger partial charge in [0.15, 0.2) is 11.4 Å². The van der Waals surface area contributed by atoms with Crippen LogP contribution in [0.4, 0.5) is 5.69 Å². The highest BCUT2D eigenvalue weighted by atomic mass is 16.6. The van der Waals surface area contributed by atoms with Crippen molar-refractivity contribution in [2.75, 3.05) is 26.8 Å². The number of hydrogen-bond donors (Lipinski definition) is 2. The average molecular weight is 587 g/mol. The van der Waals surface area contributed by atoms with Crippen molar-refractivity contribution in [2.24, 2.45) is 5.73 Å². The molecule has 0 spiro atoms. The fourth-order valence-electron chi connectivity index (χ4n) is 5.78. The van der Waals surface area contributed by atoms with Crippen molar-refractivity contribution in [3.05, 3.63) is 134 Å². The Labute approximate surface area is 250 Å². The van der Waals surface area contributed by atoms with E-state index in [1.165, 1.54) is 25.3 Å². The number of hydrogen-bond acceptors (Lipinski definition) is 8. The summed E-state index contributed by atoms with van der Waals surface area (Å²) in [5.41, 5.74) is 8.28.